The fraction of sp³-hybridized carbons (Fsp3) is 0.286. The van der Waals surface area contributed by atoms with Crippen LogP contribution in [0, 0.1) is 0 Å². The molecule has 2 unspecified atom stereocenters. The molecule has 4 heterocycles. The first kappa shape index (κ1) is 13.4. The predicted molar refractivity (Wildman–Crippen MR) is 83.2 cm³/mol. The van der Waals surface area contributed by atoms with Crippen LogP contribution in [-0.2, 0) is 4.74 Å². The van der Waals surface area contributed by atoms with Gasteiger partial charge in [0.2, 0.25) is 0 Å². The Labute approximate surface area is 129 Å². The van der Waals surface area contributed by atoms with E-state index < -0.39 is 0 Å². The summed E-state index contributed by atoms with van der Waals surface area (Å²) in [5.41, 5.74) is -0.131. The van der Waals surface area contributed by atoms with Crippen molar-refractivity contribution in [2.45, 2.75) is 12.1 Å². The number of nitrogens with zero attached hydrogens (tertiary/aromatic N) is 4. The SMILES string of the molecule is O=c1cccnn1C1COCC1Nc1ncnc2sccc12. The number of ether oxygens (including phenoxy) is 1. The van der Waals surface area contributed by atoms with Crippen LogP contribution < -0.4 is 10.9 Å². The molecule has 4 rings (SSSR count). The van der Waals surface area contributed by atoms with E-state index in [2.05, 4.69) is 20.4 Å². The van der Waals surface area contributed by atoms with Gasteiger partial charge in [0.25, 0.3) is 5.56 Å². The van der Waals surface area contributed by atoms with Crippen molar-refractivity contribution in [3.63, 3.8) is 0 Å². The van der Waals surface area contributed by atoms with Crippen molar-refractivity contribution in [2.75, 3.05) is 18.5 Å². The third kappa shape index (κ3) is 2.26. The van der Waals surface area contributed by atoms with Gasteiger partial charge in [-0.2, -0.15) is 5.10 Å². The molecule has 7 nitrogen and oxygen atoms in total. The van der Waals surface area contributed by atoms with Gasteiger partial charge in [0, 0.05) is 12.3 Å². The summed E-state index contributed by atoms with van der Waals surface area (Å²) in [4.78, 5) is 21.5. The third-order valence-electron chi connectivity index (χ3n) is 3.69. The third-order valence-corrected chi connectivity index (χ3v) is 4.51. The number of fused-ring (bicyclic) bond motifs is 1. The second-order valence-electron chi connectivity index (χ2n) is 5.02. The minimum absolute atomic E-state index is 0.0643. The Morgan fingerprint density at radius 2 is 2.27 bits per heavy atom. The molecule has 1 fully saturated rings. The highest BCUT2D eigenvalue weighted by atomic mass is 32.1. The molecule has 2 atom stereocenters. The molecule has 0 aliphatic carbocycles. The Hall–Kier alpha value is -2.32. The summed E-state index contributed by atoms with van der Waals surface area (Å²) in [6, 6.07) is 4.91. The number of aromatic nitrogens is 4. The zero-order valence-electron chi connectivity index (χ0n) is 11.5. The van der Waals surface area contributed by atoms with Crippen molar-refractivity contribution in [1.82, 2.24) is 19.7 Å². The maximum absolute atomic E-state index is 12.0. The molecule has 1 aliphatic heterocycles. The van der Waals surface area contributed by atoms with E-state index in [-0.39, 0.29) is 17.6 Å². The van der Waals surface area contributed by atoms with E-state index in [1.807, 2.05) is 11.4 Å². The van der Waals surface area contributed by atoms with E-state index in [4.69, 9.17) is 4.74 Å². The number of nitrogens with one attached hydrogen (secondary N) is 1. The number of hydrogen-bond donors (Lipinski definition) is 1. The Kier molecular flexibility index (Phi) is 3.32. The normalized spacial score (nSPS) is 21.3. The molecule has 1 saturated heterocycles. The van der Waals surface area contributed by atoms with Gasteiger partial charge in [0.1, 0.15) is 23.0 Å². The lowest BCUT2D eigenvalue weighted by atomic mass is 10.1. The number of anilines is 1. The molecule has 0 spiro atoms. The zero-order chi connectivity index (χ0) is 14.9. The quantitative estimate of drug-likeness (QED) is 0.784. The van der Waals surface area contributed by atoms with E-state index in [1.165, 1.54) is 10.7 Å². The van der Waals surface area contributed by atoms with Crippen LogP contribution in [0.4, 0.5) is 5.82 Å². The highest BCUT2D eigenvalue weighted by Gasteiger charge is 2.31. The van der Waals surface area contributed by atoms with Gasteiger partial charge in [0.15, 0.2) is 0 Å². The summed E-state index contributed by atoms with van der Waals surface area (Å²) in [5, 5.41) is 10.5. The zero-order valence-corrected chi connectivity index (χ0v) is 12.4. The number of hydrogen-bond acceptors (Lipinski definition) is 7. The second kappa shape index (κ2) is 5.47. The molecular formula is C14H13N5O2S. The van der Waals surface area contributed by atoms with Gasteiger partial charge in [-0.1, -0.05) is 0 Å². The molecule has 1 aliphatic rings. The van der Waals surface area contributed by atoms with Crippen molar-refractivity contribution in [1.29, 1.82) is 0 Å². The minimum atomic E-state index is -0.155. The van der Waals surface area contributed by atoms with Crippen molar-refractivity contribution in [3.8, 4) is 0 Å². The molecule has 0 amide bonds. The number of rotatable bonds is 3. The van der Waals surface area contributed by atoms with Crippen LogP contribution in [0.25, 0.3) is 10.2 Å². The van der Waals surface area contributed by atoms with Crippen LogP contribution in [0.1, 0.15) is 6.04 Å². The average Bonchev–Trinajstić information content (AvgIpc) is 3.17. The highest BCUT2D eigenvalue weighted by Crippen LogP contribution is 2.27. The maximum atomic E-state index is 12.0. The van der Waals surface area contributed by atoms with Gasteiger partial charge in [-0.25, -0.2) is 14.6 Å². The Morgan fingerprint density at radius 3 is 3.18 bits per heavy atom. The second-order valence-corrected chi connectivity index (χ2v) is 5.92. The smallest absolute Gasteiger partial charge is 0.267 e. The molecule has 112 valence electrons. The maximum Gasteiger partial charge on any atom is 0.267 e. The van der Waals surface area contributed by atoms with Crippen molar-refractivity contribution >= 4 is 27.4 Å². The molecule has 3 aromatic heterocycles. The monoisotopic (exact) mass is 315 g/mol. The summed E-state index contributed by atoms with van der Waals surface area (Å²) < 4.78 is 7.01. The standard InChI is InChI=1S/C14H13N5O2S/c20-12-2-1-4-17-19(12)11-7-21-6-10(11)18-13-9-3-5-22-14(9)16-8-15-13/h1-5,8,10-11H,6-7H2,(H,15,16,18). The van der Waals surface area contributed by atoms with Gasteiger partial charge >= 0.3 is 0 Å². The number of thiophene rings is 1. The van der Waals surface area contributed by atoms with Crippen molar-refractivity contribution in [3.05, 3.63) is 46.5 Å². The summed E-state index contributed by atoms with van der Waals surface area (Å²) in [6.07, 6.45) is 3.15. The lowest BCUT2D eigenvalue weighted by molar-refractivity contribution is 0.182. The predicted octanol–water partition coefficient (Wildman–Crippen LogP) is 1.30. The van der Waals surface area contributed by atoms with Gasteiger partial charge in [-0.15, -0.1) is 11.3 Å². The molecule has 0 aromatic carbocycles. The first-order chi connectivity index (χ1) is 10.8. The van der Waals surface area contributed by atoms with Crippen LogP contribution >= 0.6 is 11.3 Å². The summed E-state index contributed by atoms with van der Waals surface area (Å²) >= 11 is 1.57. The van der Waals surface area contributed by atoms with Gasteiger partial charge < -0.3 is 10.1 Å². The Morgan fingerprint density at radius 1 is 1.32 bits per heavy atom. The van der Waals surface area contributed by atoms with E-state index in [9.17, 15) is 4.79 Å². The molecular weight excluding hydrogens is 302 g/mol. The molecule has 0 bridgehead atoms. The summed E-state index contributed by atoms with van der Waals surface area (Å²) in [5.74, 6) is 0.760. The summed E-state index contributed by atoms with van der Waals surface area (Å²) in [7, 11) is 0. The fourth-order valence-electron chi connectivity index (χ4n) is 2.62. The largest absolute Gasteiger partial charge is 0.377 e. The molecule has 3 aromatic rings. The minimum Gasteiger partial charge on any atom is -0.377 e. The van der Waals surface area contributed by atoms with Gasteiger partial charge in [0.05, 0.1) is 24.6 Å². The molecule has 8 heteroatoms. The van der Waals surface area contributed by atoms with E-state index in [1.54, 1.807) is 29.9 Å². The van der Waals surface area contributed by atoms with Crippen LogP contribution in [0.2, 0.25) is 0 Å². The molecule has 0 saturated carbocycles. The van der Waals surface area contributed by atoms with Crippen LogP contribution in [0.3, 0.4) is 0 Å². The average molecular weight is 315 g/mol. The van der Waals surface area contributed by atoms with Crippen molar-refractivity contribution < 1.29 is 4.74 Å². The van der Waals surface area contributed by atoms with E-state index in [0.29, 0.717) is 13.2 Å². The first-order valence-electron chi connectivity index (χ1n) is 6.89. The molecule has 1 N–H and O–H groups in total. The van der Waals surface area contributed by atoms with Crippen LogP contribution in [0.15, 0.2) is 40.9 Å². The van der Waals surface area contributed by atoms with Gasteiger partial charge in [-0.3, -0.25) is 4.79 Å². The van der Waals surface area contributed by atoms with Gasteiger partial charge in [-0.05, 0) is 17.5 Å². The van der Waals surface area contributed by atoms with Crippen LogP contribution in [0.5, 0.6) is 0 Å². The van der Waals surface area contributed by atoms with Crippen molar-refractivity contribution in [2.24, 2.45) is 0 Å². The van der Waals surface area contributed by atoms with Crippen LogP contribution in [-0.4, -0.2) is 39.0 Å². The first-order valence-corrected chi connectivity index (χ1v) is 7.77. The topological polar surface area (TPSA) is 81.9 Å². The molecule has 0 radical (unpaired) electrons. The fourth-order valence-corrected chi connectivity index (χ4v) is 3.35. The Balaban J connectivity index is 1.66. The molecule has 22 heavy (non-hydrogen) atoms. The lowest BCUT2D eigenvalue weighted by Crippen LogP contribution is -2.37. The highest BCUT2D eigenvalue weighted by molar-refractivity contribution is 7.16. The van der Waals surface area contributed by atoms with E-state index >= 15 is 0 Å². The Bertz CT molecular complexity index is 861. The van der Waals surface area contributed by atoms with E-state index in [0.717, 1.165) is 16.0 Å². The lowest BCUT2D eigenvalue weighted by Gasteiger charge is -2.20. The summed E-state index contributed by atoms with van der Waals surface area (Å²) in [6.45, 7) is 0.954.